The SMILES string of the molecule is COc1ccc(-c2cc(C)c3c(NC(C)=O)ccc(C)c3n2)cc1Cn1cncn1.O=CO. The van der Waals surface area contributed by atoms with Crippen molar-refractivity contribution < 1.29 is 19.4 Å². The summed E-state index contributed by atoms with van der Waals surface area (Å²) in [6, 6.07) is 12.0. The number of aryl methyl sites for hydroxylation is 2. The Morgan fingerprint density at radius 3 is 2.58 bits per heavy atom. The number of carboxylic acid groups (broad SMARTS) is 1. The van der Waals surface area contributed by atoms with Crippen molar-refractivity contribution in [2.75, 3.05) is 12.4 Å². The number of aromatic nitrogens is 4. The van der Waals surface area contributed by atoms with Gasteiger partial charge in [0.15, 0.2) is 0 Å². The maximum absolute atomic E-state index is 11.6. The van der Waals surface area contributed by atoms with Crippen LogP contribution in [0.5, 0.6) is 5.75 Å². The van der Waals surface area contributed by atoms with Crippen LogP contribution in [0, 0.1) is 13.8 Å². The molecule has 0 fully saturated rings. The molecule has 0 aliphatic rings. The summed E-state index contributed by atoms with van der Waals surface area (Å²) in [5, 5.41) is 15.0. The fourth-order valence-corrected chi connectivity index (χ4v) is 3.66. The first-order valence-corrected chi connectivity index (χ1v) is 10.1. The van der Waals surface area contributed by atoms with Gasteiger partial charge in [0.2, 0.25) is 5.91 Å². The lowest BCUT2D eigenvalue weighted by molar-refractivity contribution is -0.123. The maximum Gasteiger partial charge on any atom is 0.290 e. The number of methoxy groups -OCH3 is 1. The van der Waals surface area contributed by atoms with Crippen molar-refractivity contribution in [3.8, 4) is 17.0 Å². The number of pyridine rings is 1. The van der Waals surface area contributed by atoms with Crippen LogP contribution in [0.15, 0.2) is 49.1 Å². The van der Waals surface area contributed by atoms with Crippen LogP contribution in [-0.2, 0) is 16.1 Å². The average Bonchev–Trinajstić information content (AvgIpc) is 3.29. The van der Waals surface area contributed by atoms with E-state index in [1.165, 1.54) is 13.3 Å². The number of nitrogens with zero attached hydrogens (tertiary/aromatic N) is 4. The topological polar surface area (TPSA) is 119 Å². The van der Waals surface area contributed by atoms with Crippen LogP contribution >= 0.6 is 0 Å². The van der Waals surface area contributed by atoms with E-state index >= 15 is 0 Å². The van der Waals surface area contributed by atoms with E-state index in [0.717, 1.165) is 50.3 Å². The van der Waals surface area contributed by atoms with Crippen molar-refractivity contribution >= 4 is 29.0 Å². The van der Waals surface area contributed by atoms with Gasteiger partial charge >= 0.3 is 0 Å². The maximum atomic E-state index is 11.6. The van der Waals surface area contributed by atoms with Crippen molar-refractivity contribution in [2.24, 2.45) is 0 Å². The third-order valence-electron chi connectivity index (χ3n) is 5.05. The van der Waals surface area contributed by atoms with E-state index in [2.05, 4.69) is 21.5 Å². The largest absolute Gasteiger partial charge is 0.496 e. The summed E-state index contributed by atoms with van der Waals surface area (Å²) in [4.78, 5) is 28.9. The normalized spacial score (nSPS) is 10.3. The zero-order valence-corrected chi connectivity index (χ0v) is 18.9. The number of carbonyl (C=O) groups is 2. The highest BCUT2D eigenvalue weighted by atomic mass is 16.5. The fraction of sp³-hybridized carbons (Fsp3) is 0.208. The van der Waals surface area contributed by atoms with E-state index in [0.29, 0.717) is 6.54 Å². The van der Waals surface area contributed by atoms with Gasteiger partial charge in [-0.2, -0.15) is 5.10 Å². The first-order valence-electron chi connectivity index (χ1n) is 10.1. The summed E-state index contributed by atoms with van der Waals surface area (Å²) < 4.78 is 7.28. The third kappa shape index (κ3) is 5.32. The van der Waals surface area contributed by atoms with Gasteiger partial charge in [0, 0.05) is 23.4 Å². The molecule has 9 nitrogen and oxygen atoms in total. The van der Waals surface area contributed by atoms with Gasteiger partial charge < -0.3 is 15.2 Å². The quantitative estimate of drug-likeness (QED) is 0.446. The van der Waals surface area contributed by atoms with E-state index in [9.17, 15) is 4.79 Å². The summed E-state index contributed by atoms with van der Waals surface area (Å²) in [6.45, 7) is 5.88. The summed E-state index contributed by atoms with van der Waals surface area (Å²) in [5.74, 6) is 0.687. The number of hydrogen-bond donors (Lipinski definition) is 2. The zero-order valence-electron chi connectivity index (χ0n) is 18.9. The Morgan fingerprint density at radius 2 is 1.94 bits per heavy atom. The highest BCUT2D eigenvalue weighted by molar-refractivity contribution is 6.03. The van der Waals surface area contributed by atoms with Gasteiger partial charge in [-0.1, -0.05) is 6.07 Å². The van der Waals surface area contributed by atoms with Crippen molar-refractivity contribution in [2.45, 2.75) is 27.3 Å². The molecule has 0 bridgehead atoms. The van der Waals surface area contributed by atoms with Crippen LogP contribution in [0.4, 0.5) is 5.69 Å². The summed E-state index contributed by atoms with van der Waals surface area (Å²) >= 11 is 0. The second-order valence-electron chi connectivity index (χ2n) is 7.38. The average molecular weight is 447 g/mol. The minimum atomic E-state index is -0.250. The number of amides is 1. The Hall–Kier alpha value is -4.27. The molecule has 33 heavy (non-hydrogen) atoms. The molecule has 2 N–H and O–H groups in total. The van der Waals surface area contributed by atoms with Crippen LogP contribution in [0.2, 0.25) is 0 Å². The Kier molecular flexibility index (Phi) is 7.34. The van der Waals surface area contributed by atoms with E-state index in [-0.39, 0.29) is 12.4 Å². The van der Waals surface area contributed by atoms with Gasteiger partial charge in [-0.15, -0.1) is 0 Å². The van der Waals surface area contributed by atoms with Gasteiger partial charge in [-0.3, -0.25) is 9.59 Å². The molecule has 0 unspecified atom stereocenters. The number of rotatable bonds is 5. The standard InChI is InChI=1S/C23H23N5O2.CH2O2/c1-14-5-7-19(26-16(3)29)22-15(2)9-20(27-23(14)22)17-6-8-21(30-4)18(10-17)11-28-13-24-12-25-28;2-1-3/h5-10,12-13H,11H2,1-4H3,(H,26,29);1H,(H,2,3). The van der Waals surface area contributed by atoms with E-state index < -0.39 is 0 Å². The summed E-state index contributed by atoms with van der Waals surface area (Å²) in [6.07, 6.45) is 3.19. The van der Waals surface area contributed by atoms with E-state index in [1.807, 2.05) is 44.2 Å². The number of anilines is 1. The number of carbonyl (C=O) groups excluding carboxylic acids is 1. The lowest BCUT2D eigenvalue weighted by atomic mass is 10.00. The first-order chi connectivity index (χ1) is 15.9. The van der Waals surface area contributed by atoms with Gasteiger partial charge in [0.25, 0.3) is 6.47 Å². The van der Waals surface area contributed by atoms with Crippen LogP contribution in [0.1, 0.15) is 23.6 Å². The lowest BCUT2D eigenvalue weighted by Gasteiger charge is -2.15. The zero-order chi connectivity index (χ0) is 24.0. The summed E-state index contributed by atoms with van der Waals surface area (Å²) in [7, 11) is 1.66. The molecule has 0 saturated carbocycles. The van der Waals surface area contributed by atoms with Crippen LogP contribution in [-0.4, -0.2) is 44.3 Å². The smallest absolute Gasteiger partial charge is 0.290 e. The number of fused-ring (bicyclic) bond motifs is 1. The second kappa shape index (κ2) is 10.4. The molecule has 4 aromatic rings. The Balaban J connectivity index is 0.000000968. The predicted molar refractivity (Wildman–Crippen MR) is 125 cm³/mol. The molecule has 9 heteroatoms. The molecule has 0 spiro atoms. The van der Waals surface area contributed by atoms with Gasteiger partial charge in [-0.05, 0) is 55.3 Å². The molecule has 1 amide bonds. The minimum Gasteiger partial charge on any atom is -0.496 e. The molecule has 2 heterocycles. The van der Waals surface area contributed by atoms with Gasteiger partial charge in [0.1, 0.15) is 18.4 Å². The molecular formula is C24H25N5O4. The lowest BCUT2D eigenvalue weighted by Crippen LogP contribution is -2.07. The van der Waals surface area contributed by atoms with Crippen molar-refractivity contribution in [1.82, 2.24) is 19.7 Å². The highest BCUT2D eigenvalue weighted by Crippen LogP contribution is 2.33. The number of ether oxygens (including phenoxy) is 1. The van der Waals surface area contributed by atoms with Gasteiger partial charge in [-0.25, -0.2) is 14.6 Å². The van der Waals surface area contributed by atoms with E-state index in [1.54, 1.807) is 18.1 Å². The van der Waals surface area contributed by atoms with E-state index in [4.69, 9.17) is 19.6 Å². The molecule has 0 saturated heterocycles. The van der Waals surface area contributed by atoms with Gasteiger partial charge in [0.05, 0.1) is 30.6 Å². The molecule has 0 radical (unpaired) electrons. The molecule has 2 aromatic carbocycles. The van der Waals surface area contributed by atoms with Crippen molar-refractivity contribution in [3.05, 3.63) is 65.7 Å². The van der Waals surface area contributed by atoms with Crippen LogP contribution < -0.4 is 10.1 Å². The summed E-state index contributed by atoms with van der Waals surface area (Å²) in [5.41, 5.74) is 6.61. The van der Waals surface area contributed by atoms with Crippen LogP contribution in [0.3, 0.4) is 0 Å². The first kappa shape index (κ1) is 23.4. The molecule has 170 valence electrons. The highest BCUT2D eigenvalue weighted by Gasteiger charge is 2.14. The Morgan fingerprint density at radius 1 is 1.18 bits per heavy atom. The third-order valence-corrected chi connectivity index (χ3v) is 5.05. The Labute approximate surface area is 191 Å². The van der Waals surface area contributed by atoms with Crippen molar-refractivity contribution in [1.29, 1.82) is 0 Å². The van der Waals surface area contributed by atoms with Crippen molar-refractivity contribution in [3.63, 3.8) is 0 Å². The number of nitrogens with one attached hydrogen (secondary N) is 1. The molecule has 0 atom stereocenters. The molecule has 0 aliphatic heterocycles. The second-order valence-corrected chi connectivity index (χ2v) is 7.38. The predicted octanol–water partition coefficient (Wildman–Crippen LogP) is 3.83. The Bertz CT molecular complexity index is 1290. The monoisotopic (exact) mass is 447 g/mol. The molecule has 4 rings (SSSR count). The minimum absolute atomic E-state index is 0.100. The fourth-order valence-electron chi connectivity index (χ4n) is 3.66. The number of hydrogen-bond acceptors (Lipinski definition) is 6. The number of benzene rings is 2. The molecular weight excluding hydrogens is 422 g/mol. The molecule has 2 aromatic heterocycles. The van der Waals surface area contributed by atoms with Crippen LogP contribution in [0.25, 0.3) is 22.2 Å². The molecule has 0 aliphatic carbocycles.